The summed E-state index contributed by atoms with van der Waals surface area (Å²) in [6.07, 6.45) is 0. The number of para-hydroxylation sites is 1. The first-order valence-corrected chi connectivity index (χ1v) is 10.4. The van der Waals surface area contributed by atoms with Crippen LogP contribution in [0.25, 0.3) is 0 Å². The molecule has 3 aromatic carbocycles. The molecule has 3 amide bonds. The van der Waals surface area contributed by atoms with Crippen molar-refractivity contribution in [3.63, 3.8) is 0 Å². The van der Waals surface area contributed by atoms with E-state index >= 15 is 0 Å². The molecule has 0 spiro atoms. The number of carbonyl (C=O) groups excluding carboxylic acids is 3. The third kappa shape index (κ3) is 5.30. The molecule has 168 valence electrons. The number of hydrogen-bond acceptors (Lipinski definition) is 5. The van der Waals surface area contributed by atoms with Crippen molar-refractivity contribution in [1.29, 1.82) is 0 Å². The first kappa shape index (κ1) is 21.9. The molecular weight excluding hydrogens is 422 g/mol. The number of rotatable bonds is 6. The fourth-order valence-electron chi connectivity index (χ4n) is 3.38. The first-order valence-electron chi connectivity index (χ1n) is 10.4. The topological polar surface area (TPSA) is 106 Å². The number of anilines is 1. The Balaban J connectivity index is 1.37. The first-order chi connectivity index (χ1) is 16.0. The van der Waals surface area contributed by atoms with Gasteiger partial charge in [0, 0.05) is 6.54 Å². The van der Waals surface area contributed by atoms with Gasteiger partial charge in [0.25, 0.3) is 5.91 Å². The summed E-state index contributed by atoms with van der Waals surface area (Å²) in [4.78, 5) is 37.6. The molecule has 0 aliphatic carbocycles. The highest BCUT2D eigenvalue weighted by atomic mass is 16.7. The minimum atomic E-state index is -0.853. The van der Waals surface area contributed by atoms with Crippen LogP contribution in [0.4, 0.5) is 5.69 Å². The molecule has 0 saturated heterocycles. The monoisotopic (exact) mass is 445 g/mol. The lowest BCUT2D eigenvalue weighted by atomic mass is 10.1. The van der Waals surface area contributed by atoms with Crippen molar-refractivity contribution < 1.29 is 23.9 Å². The molecule has 1 heterocycles. The number of benzene rings is 3. The largest absolute Gasteiger partial charge is 0.454 e. The van der Waals surface area contributed by atoms with Crippen LogP contribution in [0.15, 0.2) is 72.8 Å². The van der Waals surface area contributed by atoms with E-state index in [1.165, 1.54) is 0 Å². The van der Waals surface area contributed by atoms with E-state index in [-0.39, 0.29) is 36.5 Å². The van der Waals surface area contributed by atoms with Crippen LogP contribution in [0.1, 0.15) is 34.5 Å². The fraction of sp³-hybridized carbons (Fsp3) is 0.160. The van der Waals surface area contributed by atoms with Crippen LogP contribution >= 0.6 is 0 Å². The standard InChI is InChI=1S/C25H23N3O5/c1-16(18-7-3-2-4-8-18)27-24(30)25(31)28-20-10-6-5-9-19(20)23(29)26-14-17-11-12-21-22(13-17)33-15-32-21/h2-13,16H,14-15H2,1H3,(H,26,29)(H,27,30)(H,28,31)/t16-/m1/s1. The summed E-state index contributed by atoms with van der Waals surface area (Å²) >= 11 is 0. The maximum atomic E-state index is 12.8. The average molecular weight is 445 g/mol. The molecule has 8 heteroatoms. The second-order valence-corrected chi connectivity index (χ2v) is 7.48. The molecule has 0 aromatic heterocycles. The Labute approximate surface area is 190 Å². The Morgan fingerprint density at radius 3 is 2.42 bits per heavy atom. The van der Waals surface area contributed by atoms with E-state index in [0.717, 1.165) is 11.1 Å². The van der Waals surface area contributed by atoms with Crippen LogP contribution in [-0.4, -0.2) is 24.5 Å². The number of hydrogen-bond donors (Lipinski definition) is 3. The molecule has 1 aliphatic heterocycles. The molecule has 8 nitrogen and oxygen atoms in total. The van der Waals surface area contributed by atoms with Gasteiger partial charge >= 0.3 is 11.8 Å². The van der Waals surface area contributed by atoms with Crippen LogP contribution in [-0.2, 0) is 16.1 Å². The highest BCUT2D eigenvalue weighted by Crippen LogP contribution is 2.32. The molecule has 0 unspecified atom stereocenters. The lowest BCUT2D eigenvalue weighted by molar-refractivity contribution is -0.136. The van der Waals surface area contributed by atoms with Crippen LogP contribution < -0.4 is 25.4 Å². The van der Waals surface area contributed by atoms with Gasteiger partial charge < -0.3 is 25.4 Å². The second-order valence-electron chi connectivity index (χ2n) is 7.48. The minimum absolute atomic E-state index is 0.177. The lowest BCUT2D eigenvalue weighted by Gasteiger charge is -2.15. The predicted molar refractivity (Wildman–Crippen MR) is 122 cm³/mol. The number of fused-ring (bicyclic) bond motifs is 1. The smallest absolute Gasteiger partial charge is 0.313 e. The van der Waals surface area contributed by atoms with Gasteiger partial charge in [0.2, 0.25) is 6.79 Å². The Morgan fingerprint density at radius 1 is 0.879 bits per heavy atom. The van der Waals surface area contributed by atoms with Gasteiger partial charge in [0.1, 0.15) is 0 Å². The van der Waals surface area contributed by atoms with E-state index < -0.39 is 11.8 Å². The highest BCUT2D eigenvalue weighted by Gasteiger charge is 2.20. The molecule has 0 saturated carbocycles. The van der Waals surface area contributed by atoms with Gasteiger partial charge in [-0.05, 0) is 42.3 Å². The van der Waals surface area contributed by atoms with Gasteiger partial charge in [0.15, 0.2) is 11.5 Å². The van der Waals surface area contributed by atoms with Crippen molar-refractivity contribution in [3.05, 3.63) is 89.5 Å². The summed E-state index contributed by atoms with van der Waals surface area (Å²) in [5.74, 6) is -0.736. The van der Waals surface area contributed by atoms with Crippen molar-refractivity contribution in [3.8, 4) is 11.5 Å². The molecule has 4 rings (SSSR count). The summed E-state index contributed by atoms with van der Waals surface area (Å²) < 4.78 is 10.6. The Morgan fingerprint density at radius 2 is 1.61 bits per heavy atom. The number of nitrogens with one attached hydrogen (secondary N) is 3. The maximum Gasteiger partial charge on any atom is 0.313 e. The van der Waals surface area contributed by atoms with Gasteiger partial charge in [-0.3, -0.25) is 14.4 Å². The molecule has 3 aromatic rings. The number of amides is 3. The fourth-order valence-corrected chi connectivity index (χ4v) is 3.38. The van der Waals surface area contributed by atoms with Crippen LogP contribution in [0.5, 0.6) is 11.5 Å². The molecule has 0 bridgehead atoms. The van der Waals surface area contributed by atoms with Crippen LogP contribution in [0.3, 0.4) is 0 Å². The molecule has 1 aliphatic rings. The van der Waals surface area contributed by atoms with Crippen LogP contribution in [0, 0.1) is 0 Å². The zero-order chi connectivity index (χ0) is 23.2. The summed E-state index contributed by atoms with van der Waals surface area (Å²) in [5, 5.41) is 8.01. The zero-order valence-electron chi connectivity index (χ0n) is 18.0. The normalized spacial score (nSPS) is 12.5. The van der Waals surface area contributed by atoms with E-state index in [9.17, 15) is 14.4 Å². The van der Waals surface area contributed by atoms with Crippen molar-refractivity contribution in [2.45, 2.75) is 19.5 Å². The minimum Gasteiger partial charge on any atom is -0.454 e. The van der Waals surface area contributed by atoms with Crippen molar-refractivity contribution in [2.24, 2.45) is 0 Å². The van der Waals surface area contributed by atoms with E-state index in [4.69, 9.17) is 9.47 Å². The molecule has 0 fully saturated rings. The predicted octanol–water partition coefficient (Wildman–Crippen LogP) is 3.16. The number of ether oxygens (including phenoxy) is 2. The maximum absolute atomic E-state index is 12.8. The van der Waals surface area contributed by atoms with Gasteiger partial charge in [-0.15, -0.1) is 0 Å². The average Bonchev–Trinajstić information content (AvgIpc) is 3.31. The third-order valence-electron chi connectivity index (χ3n) is 5.16. The van der Waals surface area contributed by atoms with Crippen molar-refractivity contribution in [2.75, 3.05) is 12.1 Å². The summed E-state index contributed by atoms with van der Waals surface area (Å²) in [5.41, 5.74) is 2.20. The highest BCUT2D eigenvalue weighted by molar-refractivity contribution is 6.40. The van der Waals surface area contributed by atoms with E-state index in [1.807, 2.05) is 36.4 Å². The Bertz CT molecular complexity index is 1180. The van der Waals surface area contributed by atoms with E-state index in [1.54, 1.807) is 43.3 Å². The molecule has 3 N–H and O–H groups in total. The van der Waals surface area contributed by atoms with Gasteiger partial charge in [-0.2, -0.15) is 0 Å². The molecule has 0 radical (unpaired) electrons. The summed E-state index contributed by atoms with van der Waals surface area (Å²) in [7, 11) is 0. The molecule has 1 atom stereocenters. The third-order valence-corrected chi connectivity index (χ3v) is 5.16. The Kier molecular flexibility index (Phi) is 6.54. The summed E-state index contributed by atoms with van der Waals surface area (Å²) in [6.45, 7) is 2.22. The SMILES string of the molecule is C[C@@H](NC(=O)C(=O)Nc1ccccc1C(=O)NCc1ccc2c(c1)OCO2)c1ccccc1. The van der Waals surface area contributed by atoms with E-state index in [2.05, 4.69) is 16.0 Å². The second kappa shape index (κ2) is 9.86. The molecular formula is C25H23N3O5. The summed E-state index contributed by atoms with van der Waals surface area (Å²) in [6, 6.07) is 20.9. The van der Waals surface area contributed by atoms with Crippen molar-refractivity contribution >= 4 is 23.4 Å². The van der Waals surface area contributed by atoms with Gasteiger partial charge in [-0.25, -0.2) is 0 Å². The van der Waals surface area contributed by atoms with Crippen LogP contribution in [0.2, 0.25) is 0 Å². The lowest BCUT2D eigenvalue weighted by Crippen LogP contribution is -2.37. The Hall–Kier alpha value is -4.33. The van der Waals surface area contributed by atoms with E-state index in [0.29, 0.717) is 11.5 Å². The quantitative estimate of drug-likeness (QED) is 0.506. The van der Waals surface area contributed by atoms with Gasteiger partial charge in [0.05, 0.1) is 17.3 Å². The number of carbonyl (C=O) groups is 3. The van der Waals surface area contributed by atoms with Crippen molar-refractivity contribution in [1.82, 2.24) is 10.6 Å². The zero-order valence-corrected chi connectivity index (χ0v) is 18.0. The van der Waals surface area contributed by atoms with Gasteiger partial charge in [-0.1, -0.05) is 48.5 Å². The molecule has 33 heavy (non-hydrogen) atoms.